The van der Waals surface area contributed by atoms with E-state index in [0.29, 0.717) is 12.4 Å². The molecule has 184 valence electrons. The van der Waals surface area contributed by atoms with Crippen LogP contribution in [0.15, 0.2) is 66.9 Å². The highest BCUT2D eigenvalue weighted by Crippen LogP contribution is 2.48. The number of H-pyrrole nitrogens is 1. The smallest absolute Gasteiger partial charge is 0.150 e. The molecular formula is C30H31N3O3. The third-order valence-corrected chi connectivity index (χ3v) is 7.52. The van der Waals surface area contributed by atoms with Crippen LogP contribution in [0.3, 0.4) is 0 Å². The number of fused-ring (bicyclic) bond motifs is 2. The molecule has 2 aliphatic rings. The van der Waals surface area contributed by atoms with Crippen molar-refractivity contribution in [3.63, 3.8) is 0 Å². The van der Waals surface area contributed by atoms with E-state index in [-0.39, 0.29) is 11.9 Å². The number of allylic oxidation sites excluding steroid dienone is 1. The molecular weight excluding hydrogens is 450 g/mol. The molecule has 1 aromatic heterocycles. The van der Waals surface area contributed by atoms with Gasteiger partial charge >= 0.3 is 0 Å². The van der Waals surface area contributed by atoms with E-state index in [1.807, 2.05) is 36.5 Å². The number of nitrogens with zero attached hydrogens (tertiary/aromatic N) is 2. The molecule has 6 heteroatoms. The van der Waals surface area contributed by atoms with Gasteiger partial charge in [0.25, 0.3) is 0 Å². The topological polar surface area (TPSA) is 70.6 Å². The van der Waals surface area contributed by atoms with Crippen molar-refractivity contribution in [2.75, 3.05) is 26.2 Å². The lowest BCUT2D eigenvalue weighted by molar-refractivity contribution is 0.0806. The monoisotopic (exact) mass is 481 g/mol. The van der Waals surface area contributed by atoms with Gasteiger partial charge in [0.2, 0.25) is 0 Å². The Balaban J connectivity index is 1.30. The molecule has 0 radical (unpaired) electrons. The maximum Gasteiger partial charge on any atom is 0.150 e. The quantitative estimate of drug-likeness (QED) is 0.336. The Morgan fingerprint density at radius 1 is 1.08 bits per heavy atom. The van der Waals surface area contributed by atoms with Crippen molar-refractivity contribution in [3.05, 3.63) is 83.6 Å². The average Bonchev–Trinajstić information content (AvgIpc) is 3.35. The first-order valence-electron chi connectivity index (χ1n) is 12.7. The zero-order chi connectivity index (χ0) is 24.6. The molecule has 0 spiro atoms. The Labute approximate surface area is 211 Å². The Hall–Kier alpha value is -3.77. The largest absolute Gasteiger partial charge is 0.508 e. The second-order valence-corrected chi connectivity index (χ2v) is 9.81. The molecule has 3 heterocycles. The lowest BCUT2D eigenvalue weighted by atomic mass is 9.85. The number of aromatic nitrogens is 2. The number of phenols is 1. The van der Waals surface area contributed by atoms with Gasteiger partial charge in [-0.3, -0.25) is 10.00 Å². The van der Waals surface area contributed by atoms with Gasteiger partial charge in [-0.1, -0.05) is 37.6 Å². The number of nitrogens with one attached hydrogen (secondary N) is 1. The van der Waals surface area contributed by atoms with Crippen molar-refractivity contribution < 1.29 is 14.6 Å². The highest BCUT2D eigenvalue weighted by atomic mass is 16.5. The zero-order valence-electron chi connectivity index (χ0n) is 20.7. The van der Waals surface area contributed by atoms with E-state index < -0.39 is 0 Å². The van der Waals surface area contributed by atoms with Gasteiger partial charge in [-0.05, 0) is 59.9 Å². The third-order valence-electron chi connectivity index (χ3n) is 7.52. The molecule has 0 aliphatic carbocycles. The SMILES string of the molecule is CCC1CN(CCOc2ccc(C3Oc4cc(O)ccc4C(C)=C3c3cccc4[nH]ncc34)cc2)C1. The van der Waals surface area contributed by atoms with E-state index in [1.54, 1.807) is 12.1 Å². The molecule has 6 nitrogen and oxygen atoms in total. The molecule has 2 N–H and O–H groups in total. The number of benzene rings is 3. The van der Waals surface area contributed by atoms with Crippen LogP contribution < -0.4 is 9.47 Å². The predicted molar refractivity (Wildman–Crippen MR) is 142 cm³/mol. The molecule has 3 aromatic carbocycles. The Kier molecular flexibility index (Phi) is 5.89. The average molecular weight is 482 g/mol. The molecule has 1 unspecified atom stereocenters. The van der Waals surface area contributed by atoms with Crippen molar-refractivity contribution >= 4 is 22.0 Å². The van der Waals surface area contributed by atoms with Crippen LogP contribution in [0.4, 0.5) is 0 Å². The summed E-state index contributed by atoms with van der Waals surface area (Å²) < 4.78 is 12.6. The van der Waals surface area contributed by atoms with Crippen molar-refractivity contribution in [1.29, 1.82) is 0 Å². The number of ether oxygens (including phenoxy) is 2. The first-order valence-corrected chi connectivity index (χ1v) is 12.7. The fourth-order valence-corrected chi connectivity index (χ4v) is 5.38. The van der Waals surface area contributed by atoms with Gasteiger partial charge in [0, 0.05) is 42.2 Å². The summed E-state index contributed by atoms with van der Waals surface area (Å²) in [6.45, 7) is 8.41. The summed E-state index contributed by atoms with van der Waals surface area (Å²) in [5, 5.41) is 18.5. The van der Waals surface area contributed by atoms with Gasteiger partial charge in [-0.15, -0.1) is 0 Å². The maximum absolute atomic E-state index is 10.1. The summed E-state index contributed by atoms with van der Waals surface area (Å²) in [5.41, 5.74) is 6.30. The number of phenolic OH excluding ortho intramolecular Hbond substituents is 1. The molecule has 1 saturated heterocycles. The van der Waals surface area contributed by atoms with Gasteiger partial charge in [-0.2, -0.15) is 5.10 Å². The summed E-state index contributed by atoms with van der Waals surface area (Å²) in [4.78, 5) is 2.45. The van der Waals surface area contributed by atoms with Gasteiger partial charge in [-0.25, -0.2) is 0 Å². The molecule has 4 aromatic rings. The Bertz CT molecular complexity index is 1420. The summed E-state index contributed by atoms with van der Waals surface area (Å²) >= 11 is 0. The number of hydrogen-bond acceptors (Lipinski definition) is 5. The molecule has 0 bridgehead atoms. The minimum atomic E-state index is -0.332. The van der Waals surface area contributed by atoms with Crippen molar-refractivity contribution in [3.8, 4) is 17.2 Å². The van der Waals surface area contributed by atoms with Crippen LogP contribution in [0, 0.1) is 5.92 Å². The van der Waals surface area contributed by atoms with Crippen LogP contribution in [0.1, 0.15) is 43.1 Å². The Morgan fingerprint density at radius 2 is 1.92 bits per heavy atom. The van der Waals surface area contributed by atoms with Crippen molar-refractivity contribution in [2.45, 2.75) is 26.4 Å². The molecule has 1 atom stereocenters. The lowest BCUT2D eigenvalue weighted by Crippen LogP contribution is -2.47. The predicted octanol–water partition coefficient (Wildman–Crippen LogP) is 6.05. The van der Waals surface area contributed by atoms with E-state index in [2.05, 4.69) is 47.1 Å². The van der Waals surface area contributed by atoms with Crippen molar-refractivity contribution in [2.24, 2.45) is 5.92 Å². The number of hydrogen-bond donors (Lipinski definition) is 2. The zero-order valence-corrected chi connectivity index (χ0v) is 20.7. The summed E-state index contributed by atoms with van der Waals surface area (Å²) in [6, 6.07) is 19.7. The van der Waals surface area contributed by atoms with E-state index in [4.69, 9.17) is 9.47 Å². The van der Waals surface area contributed by atoms with Gasteiger partial charge in [0.15, 0.2) is 0 Å². The fourth-order valence-electron chi connectivity index (χ4n) is 5.38. The second kappa shape index (κ2) is 9.36. The van der Waals surface area contributed by atoms with Gasteiger partial charge in [0.1, 0.15) is 30.0 Å². The fraction of sp³-hybridized carbons (Fsp3) is 0.300. The van der Waals surface area contributed by atoms with E-state index >= 15 is 0 Å². The third kappa shape index (κ3) is 4.11. The van der Waals surface area contributed by atoms with Gasteiger partial charge < -0.3 is 14.6 Å². The summed E-state index contributed by atoms with van der Waals surface area (Å²) in [6.07, 6.45) is 2.80. The standard InChI is InChI=1S/C30H31N3O3/c1-3-20-17-33(18-20)13-14-35-23-10-7-21(8-11-23)30-29(25-5-4-6-27-26(25)16-31-32-27)19(2)24-12-9-22(34)15-28(24)36-30/h4-12,15-16,20,30,34H,3,13-14,17-18H2,1-2H3,(H,31,32). The minimum Gasteiger partial charge on any atom is -0.508 e. The van der Waals surface area contributed by atoms with E-state index in [1.165, 1.54) is 19.5 Å². The highest BCUT2D eigenvalue weighted by molar-refractivity contribution is 6.02. The molecule has 2 aliphatic heterocycles. The van der Waals surface area contributed by atoms with Crippen molar-refractivity contribution in [1.82, 2.24) is 15.1 Å². The molecule has 0 amide bonds. The van der Waals surface area contributed by atoms with Crippen LogP contribution in [-0.2, 0) is 0 Å². The molecule has 36 heavy (non-hydrogen) atoms. The minimum absolute atomic E-state index is 0.192. The van der Waals surface area contributed by atoms with Crippen LogP contribution in [-0.4, -0.2) is 46.4 Å². The number of rotatable bonds is 7. The first kappa shape index (κ1) is 22.7. The first-order chi connectivity index (χ1) is 17.6. The van der Waals surface area contributed by atoms with Crippen LogP contribution >= 0.6 is 0 Å². The van der Waals surface area contributed by atoms with Gasteiger partial charge in [0.05, 0.1) is 11.7 Å². The van der Waals surface area contributed by atoms with E-state index in [9.17, 15) is 5.11 Å². The Morgan fingerprint density at radius 3 is 2.72 bits per heavy atom. The number of aromatic amines is 1. The van der Waals surface area contributed by atoms with E-state index in [0.717, 1.165) is 57.0 Å². The lowest BCUT2D eigenvalue weighted by Gasteiger charge is -2.38. The van der Waals surface area contributed by atoms with Crippen LogP contribution in [0.2, 0.25) is 0 Å². The second-order valence-electron chi connectivity index (χ2n) is 9.81. The summed E-state index contributed by atoms with van der Waals surface area (Å²) in [5.74, 6) is 2.59. The number of aromatic hydroxyl groups is 1. The summed E-state index contributed by atoms with van der Waals surface area (Å²) in [7, 11) is 0. The maximum atomic E-state index is 10.1. The molecule has 1 fully saturated rings. The van der Waals surface area contributed by atoms with Crippen LogP contribution in [0.5, 0.6) is 17.2 Å². The molecule has 6 rings (SSSR count). The number of likely N-dealkylation sites (tertiary alicyclic amines) is 1. The highest BCUT2D eigenvalue weighted by Gasteiger charge is 2.31. The normalized spacial score (nSPS) is 18.1. The molecule has 0 saturated carbocycles. The van der Waals surface area contributed by atoms with Crippen LogP contribution in [0.25, 0.3) is 22.0 Å².